The van der Waals surface area contributed by atoms with Crippen molar-refractivity contribution in [3.05, 3.63) is 69.6 Å². The molecule has 1 aromatic carbocycles. The molecule has 0 saturated heterocycles. The average Bonchev–Trinajstić information content (AvgIpc) is 2.76. The third-order valence-electron chi connectivity index (χ3n) is 4.91. The number of halogens is 3. The Balaban J connectivity index is 2.08. The zero-order chi connectivity index (χ0) is 18.5. The maximum Gasteiger partial charge on any atom is 0.172 e. The van der Waals surface area contributed by atoms with Crippen LogP contribution in [0.3, 0.4) is 0 Å². The third-order valence-corrected chi connectivity index (χ3v) is 4.91. The highest BCUT2D eigenvalue weighted by Gasteiger charge is 2.46. The van der Waals surface area contributed by atoms with Crippen LogP contribution in [-0.2, 0) is 4.79 Å². The largest absolute Gasteiger partial charge is 0.388 e. The Bertz CT molecular complexity index is 823. The predicted molar refractivity (Wildman–Crippen MR) is 85.2 cm³/mol. The van der Waals surface area contributed by atoms with Crippen LogP contribution in [0.15, 0.2) is 35.5 Å². The van der Waals surface area contributed by atoms with Gasteiger partial charge in [-0.05, 0) is 37.0 Å². The van der Waals surface area contributed by atoms with E-state index in [1.165, 1.54) is 19.9 Å². The minimum absolute atomic E-state index is 0.151. The maximum absolute atomic E-state index is 14.5. The van der Waals surface area contributed by atoms with Gasteiger partial charge in [-0.2, -0.15) is 0 Å². The summed E-state index contributed by atoms with van der Waals surface area (Å²) in [7, 11) is 0. The fraction of sp³-hybridized carbons (Fsp3) is 0.316. The number of allylic oxidation sites excluding steroid dienone is 4. The summed E-state index contributed by atoms with van der Waals surface area (Å²) in [6, 6.07) is 0. The van der Waals surface area contributed by atoms with Crippen LogP contribution in [0.1, 0.15) is 29.2 Å². The normalized spacial score (nSPS) is 23.9. The van der Waals surface area contributed by atoms with Crippen LogP contribution in [0.4, 0.5) is 13.2 Å². The van der Waals surface area contributed by atoms with E-state index >= 15 is 0 Å². The Hall–Kier alpha value is -2.18. The molecule has 132 valence electrons. The minimum Gasteiger partial charge on any atom is -0.388 e. The molecule has 1 aromatic rings. The number of Topliss-reactive ketones (excluding diaryl/α,β-unsaturated/α-hetero) is 1. The van der Waals surface area contributed by atoms with Crippen molar-refractivity contribution in [1.29, 1.82) is 0 Å². The zero-order valence-corrected chi connectivity index (χ0v) is 13.7. The molecule has 0 saturated carbocycles. The maximum atomic E-state index is 14.5. The van der Waals surface area contributed by atoms with Gasteiger partial charge in [-0.25, -0.2) is 13.2 Å². The first kappa shape index (κ1) is 17.6. The second-order valence-corrected chi connectivity index (χ2v) is 6.29. The van der Waals surface area contributed by atoms with Gasteiger partial charge in [0.2, 0.25) is 0 Å². The number of rotatable bonds is 2. The van der Waals surface area contributed by atoms with E-state index in [2.05, 4.69) is 0 Å². The highest BCUT2D eigenvalue weighted by molar-refractivity contribution is 6.05. The lowest BCUT2D eigenvalue weighted by atomic mass is 9.87. The van der Waals surface area contributed by atoms with Crippen LogP contribution in [0, 0.1) is 37.2 Å². The molecule has 25 heavy (non-hydrogen) atoms. The molecule has 0 bridgehead atoms. The fourth-order valence-corrected chi connectivity index (χ4v) is 3.31. The lowest BCUT2D eigenvalue weighted by molar-refractivity contribution is -0.124. The standard InChI is InChI=1S/C19H17F3O3/c1-8-9(2)15(21)16(22)12(14(8)20)19(25)13-17(23)10-6-4-3-5-7-11(10)18(13)24/h4-7,13,17,19,23,25H,3H2,1-2H3. The highest BCUT2D eigenvalue weighted by atomic mass is 19.2. The van der Waals surface area contributed by atoms with Crippen molar-refractivity contribution >= 4 is 5.78 Å². The molecule has 3 rings (SSSR count). The predicted octanol–water partition coefficient (Wildman–Crippen LogP) is 3.13. The van der Waals surface area contributed by atoms with E-state index in [1.807, 2.05) is 0 Å². The van der Waals surface area contributed by atoms with E-state index in [0.29, 0.717) is 6.42 Å². The summed E-state index contributed by atoms with van der Waals surface area (Å²) in [5, 5.41) is 20.9. The van der Waals surface area contributed by atoms with Gasteiger partial charge in [0.15, 0.2) is 17.4 Å². The molecule has 0 aromatic heterocycles. The smallest absolute Gasteiger partial charge is 0.172 e. The molecule has 0 fully saturated rings. The van der Waals surface area contributed by atoms with Crippen molar-refractivity contribution in [2.45, 2.75) is 32.5 Å². The molecule has 3 nitrogen and oxygen atoms in total. The summed E-state index contributed by atoms with van der Waals surface area (Å²) in [6.07, 6.45) is 3.63. The highest BCUT2D eigenvalue weighted by Crippen LogP contribution is 2.41. The summed E-state index contributed by atoms with van der Waals surface area (Å²) in [4.78, 5) is 12.6. The van der Waals surface area contributed by atoms with Crippen molar-refractivity contribution in [3.63, 3.8) is 0 Å². The molecule has 0 spiro atoms. The molecular formula is C19H17F3O3. The minimum atomic E-state index is -2.01. The second kappa shape index (κ2) is 6.28. The van der Waals surface area contributed by atoms with Crippen LogP contribution in [0.25, 0.3) is 0 Å². The Labute approximate surface area is 142 Å². The van der Waals surface area contributed by atoms with Gasteiger partial charge in [0.1, 0.15) is 5.82 Å². The number of aliphatic hydroxyl groups is 2. The molecule has 2 N–H and O–H groups in total. The van der Waals surface area contributed by atoms with Gasteiger partial charge >= 0.3 is 0 Å². The summed E-state index contributed by atoms with van der Waals surface area (Å²) in [5.41, 5.74) is -0.807. The second-order valence-electron chi connectivity index (χ2n) is 6.29. The van der Waals surface area contributed by atoms with Crippen LogP contribution >= 0.6 is 0 Å². The topological polar surface area (TPSA) is 57.5 Å². The number of carbonyl (C=O) groups is 1. The molecule has 2 aliphatic carbocycles. The lowest BCUT2D eigenvalue weighted by Crippen LogP contribution is -2.30. The van der Waals surface area contributed by atoms with Gasteiger partial charge < -0.3 is 10.2 Å². The van der Waals surface area contributed by atoms with Crippen LogP contribution in [0.2, 0.25) is 0 Å². The number of hydrogen-bond acceptors (Lipinski definition) is 3. The first-order valence-corrected chi connectivity index (χ1v) is 7.88. The van der Waals surface area contributed by atoms with Gasteiger partial charge in [0.25, 0.3) is 0 Å². The zero-order valence-electron chi connectivity index (χ0n) is 13.7. The van der Waals surface area contributed by atoms with E-state index in [1.54, 1.807) is 18.2 Å². The van der Waals surface area contributed by atoms with Gasteiger partial charge in [-0.1, -0.05) is 24.3 Å². The summed E-state index contributed by atoms with van der Waals surface area (Å²) in [6.45, 7) is 2.48. The molecule has 0 radical (unpaired) electrons. The van der Waals surface area contributed by atoms with E-state index in [0.717, 1.165) is 0 Å². The van der Waals surface area contributed by atoms with Gasteiger partial charge in [0.05, 0.1) is 23.7 Å². The summed E-state index contributed by atoms with van der Waals surface area (Å²) < 4.78 is 42.8. The van der Waals surface area contributed by atoms with Gasteiger partial charge in [-0.15, -0.1) is 0 Å². The van der Waals surface area contributed by atoms with Crippen molar-refractivity contribution in [2.24, 2.45) is 5.92 Å². The molecule has 6 heteroatoms. The molecule has 0 heterocycles. The monoisotopic (exact) mass is 350 g/mol. The number of benzene rings is 1. The van der Waals surface area contributed by atoms with Crippen LogP contribution in [-0.4, -0.2) is 22.1 Å². The van der Waals surface area contributed by atoms with Crippen LogP contribution < -0.4 is 0 Å². The molecule has 3 atom stereocenters. The summed E-state index contributed by atoms with van der Waals surface area (Å²) in [5.74, 6) is -6.06. The lowest BCUT2D eigenvalue weighted by Gasteiger charge is -2.24. The number of carbonyl (C=O) groups excluding carboxylic acids is 1. The molecule has 2 aliphatic rings. The van der Waals surface area contributed by atoms with E-state index in [4.69, 9.17) is 0 Å². The first-order valence-electron chi connectivity index (χ1n) is 7.88. The van der Waals surface area contributed by atoms with E-state index < -0.39 is 46.9 Å². The quantitative estimate of drug-likeness (QED) is 0.806. The number of aliphatic hydroxyl groups excluding tert-OH is 2. The van der Waals surface area contributed by atoms with Crippen LogP contribution in [0.5, 0.6) is 0 Å². The Kier molecular flexibility index (Phi) is 4.43. The van der Waals surface area contributed by atoms with Crippen molar-refractivity contribution in [1.82, 2.24) is 0 Å². The number of ketones is 1. The third kappa shape index (κ3) is 2.56. The fourth-order valence-electron chi connectivity index (χ4n) is 3.31. The van der Waals surface area contributed by atoms with Crippen molar-refractivity contribution in [2.75, 3.05) is 0 Å². The van der Waals surface area contributed by atoms with Crippen molar-refractivity contribution in [3.8, 4) is 0 Å². The first-order chi connectivity index (χ1) is 11.8. The molecule has 0 amide bonds. The Morgan fingerprint density at radius 2 is 1.64 bits per heavy atom. The molecule has 3 unspecified atom stereocenters. The number of hydrogen-bond donors (Lipinski definition) is 2. The van der Waals surface area contributed by atoms with Crippen molar-refractivity contribution < 1.29 is 28.2 Å². The Morgan fingerprint density at radius 3 is 2.32 bits per heavy atom. The van der Waals surface area contributed by atoms with E-state index in [9.17, 15) is 28.2 Å². The summed E-state index contributed by atoms with van der Waals surface area (Å²) >= 11 is 0. The van der Waals surface area contributed by atoms with E-state index in [-0.39, 0.29) is 22.3 Å². The Morgan fingerprint density at radius 1 is 1.04 bits per heavy atom. The van der Waals surface area contributed by atoms with Gasteiger partial charge in [0, 0.05) is 5.57 Å². The molecule has 0 aliphatic heterocycles. The average molecular weight is 350 g/mol. The SMILES string of the molecule is Cc1c(C)c(F)c(C(O)C2C(=O)C3=C(C=CCC=C3)C2O)c(F)c1F. The van der Waals surface area contributed by atoms with Gasteiger partial charge in [-0.3, -0.25) is 4.79 Å². The molecular weight excluding hydrogens is 333 g/mol.